The van der Waals surface area contributed by atoms with Crippen molar-refractivity contribution in [2.75, 3.05) is 11.9 Å². The Hall–Kier alpha value is -0.830. The molecule has 1 aliphatic rings. The fraction of sp³-hybridized carbons (Fsp3) is 0.533. The van der Waals surface area contributed by atoms with Crippen LogP contribution in [0.5, 0.6) is 0 Å². The van der Waals surface area contributed by atoms with Crippen molar-refractivity contribution in [2.24, 2.45) is 5.92 Å². The molecule has 0 spiro atoms. The molecule has 0 aliphatic heterocycles. The number of carbonyl (C=O) groups is 1. The molecule has 98 valence electrons. The first kappa shape index (κ1) is 13.6. The third-order valence-corrected chi connectivity index (χ3v) is 4.52. The fourth-order valence-electron chi connectivity index (χ4n) is 2.77. The highest BCUT2D eigenvalue weighted by Gasteiger charge is 2.23. The lowest BCUT2D eigenvalue weighted by Gasteiger charge is -2.35. The van der Waals surface area contributed by atoms with Gasteiger partial charge in [-0.25, -0.2) is 0 Å². The lowest BCUT2D eigenvalue weighted by atomic mass is 9.86. The molecule has 0 saturated heterocycles. The van der Waals surface area contributed by atoms with Crippen LogP contribution in [-0.4, -0.2) is 19.4 Å². The molecule has 0 heterocycles. The van der Waals surface area contributed by atoms with E-state index in [-0.39, 0.29) is 0 Å². The molecular weight excluding hydrogens is 290 g/mol. The minimum Gasteiger partial charge on any atom is -0.371 e. The maximum Gasteiger partial charge on any atom is 0.152 e. The van der Waals surface area contributed by atoms with Gasteiger partial charge >= 0.3 is 0 Å². The summed E-state index contributed by atoms with van der Waals surface area (Å²) in [6.07, 6.45) is 5.99. The van der Waals surface area contributed by atoms with Crippen LogP contribution >= 0.6 is 15.9 Å². The number of halogens is 1. The van der Waals surface area contributed by atoms with E-state index >= 15 is 0 Å². The Bertz CT molecular complexity index is 425. The predicted molar refractivity (Wildman–Crippen MR) is 79.4 cm³/mol. The van der Waals surface area contributed by atoms with Gasteiger partial charge in [-0.2, -0.15) is 0 Å². The summed E-state index contributed by atoms with van der Waals surface area (Å²) in [6.45, 7) is 2.33. The number of nitrogens with zero attached hydrogens (tertiary/aromatic N) is 1. The van der Waals surface area contributed by atoms with Crippen LogP contribution in [0.15, 0.2) is 22.7 Å². The first-order valence-corrected chi connectivity index (χ1v) is 7.38. The first-order chi connectivity index (χ1) is 8.61. The monoisotopic (exact) mass is 309 g/mol. The average Bonchev–Trinajstić information content (AvgIpc) is 2.38. The van der Waals surface area contributed by atoms with E-state index in [0.717, 1.165) is 27.9 Å². The Kier molecular flexibility index (Phi) is 4.44. The Labute approximate surface area is 117 Å². The highest BCUT2D eigenvalue weighted by molar-refractivity contribution is 9.10. The van der Waals surface area contributed by atoms with E-state index < -0.39 is 0 Å². The van der Waals surface area contributed by atoms with Crippen LogP contribution in [0.4, 0.5) is 5.69 Å². The maximum atomic E-state index is 11.2. The van der Waals surface area contributed by atoms with Crippen LogP contribution in [0.25, 0.3) is 0 Å². The van der Waals surface area contributed by atoms with Gasteiger partial charge in [0.15, 0.2) is 6.29 Å². The van der Waals surface area contributed by atoms with Crippen LogP contribution in [0.3, 0.4) is 0 Å². The molecule has 1 saturated carbocycles. The number of benzene rings is 1. The van der Waals surface area contributed by atoms with Crippen molar-refractivity contribution in [1.82, 2.24) is 0 Å². The van der Waals surface area contributed by atoms with E-state index in [1.54, 1.807) is 0 Å². The van der Waals surface area contributed by atoms with Crippen molar-refractivity contribution >= 4 is 27.9 Å². The molecule has 1 aromatic rings. The average molecular weight is 310 g/mol. The quantitative estimate of drug-likeness (QED) is 0.777. The zero-order valence-corrected chi connectivity index (χ0v) is 12.6. The summed E-state index contributed by atoms with van der Waals surface area (Å²) < 4.78 is 0.957. The second-order valence-electron chi connectivity index (χ2n) is 5.35. The van der Waals surface area contributed by atoms with Gasteiger partial charge < -0.3 is 4.90 Å². The largest absolute Gasteiger partial charge is 0.371 e. The Morgan fingerprint density at radius 2 is 1.94 bits per heavy atom. The van der Waals surface area contributed by atoms with Crippen molar-refractivity contribution in [3.63, 3.8) is 0 Å². The van der Waals surface area contributed by atoms with Crippen LogP contribution in [0.2, 0.25) is 0 Å². The molecule has 3 heteroatoms. The zero-order chi connectivity index (χ0) is 13.1. The smallest absolute Gasteiger partial charge is 0.152 e. The van der Waals surface area contributed by atoms with Crippen LogP contribution < -0.4 is 4.90 Å². The molecule has 0 radical (unpaired) electrons. The topological polar surface area (TPSA) is 20.3 Å². The molecule has 0 aromatic heterocycles. The molecule has 0 N–H and O–H groups in total. The van der Waals surface area contributed by atoms with E-state index in [0.29, 0.717) is 6.04 Å². The van der Waals surface area contributed by atoms with Crippen molar-refractivity contribution in [3.8, 4) is 0 Å². The van der Waals surface area contributed by atoms with Gasteiger partial charge in [-0.05, 0) is 49.8 Å². The van der Waals surface area contributed by atoms with Gasteiger partial charge in [0, 0.05) is 28.8 Å². The van der Waals surface area contributed by atoms with Crippen LogP contribution in [0, 0.1) is 5.92 Å². The summed E-state index contributed by atoms with van der Waals surface area (Å²) in [7, 11) is 2.11. The molecule has 2 nitrogen and oxygen atoms in total. The molecule has 1 fully saturated rings. The molecule has 0 amide bonds. The molecule has 1 aliphatic carbocycles. The molecular formula is C15H20BrNO. The Balaban J connectivity index is 2.17. The van der Waals surface area contributed by atoms with Crippen LogP contribution in [0.1, 0.15) is 43.0 Å². The van der Waals surface area contributed by atoms with Gasteiger partial charge in [-0.15, -0.1) is 0 Å². The number of hydrogen-bond acceptors (Lipinski definition) is 2. The van der Waals surface area contributed by atoms with Crippen molar-refractivity contribution in [1.29, 1.82) is 0 Å². The number of anilines is 1. The molecule has 2 rings (SSSR count). The number of carbonyl (C=O) groups excluding carboxylic acids is 1. The lowest BCUT2D eigenvalue weighted by Crippen LogP contribution is -2.35. The maximum absolute atomic E-state index is 11.2. The number of rotatable bonds is 3. The third kappa shape index (κ3) is 2.94. The Morgan fingerprint density at radius 3 is 2.56 bits per heavy atom. The predicted octanol–water partition coefficient (Wildman–Crippen LogP) is 4.28. The summed E-state index contributed by atoms with van der Waals surface area (Å²) in [5.41, 5.74) is 1.82. The van der Waals surface area contributed by atoms with Gasteiger partial charge in [0.1, 0.15) is 0 Å². The summed E-state index contributed by atoms with van der Waals surface area (Å²) in [5, 5.41) is 0. The lowest BCUT2D eigenvalue weighted by molar-refractivity contribution is 0.112. The van der Waals surface area contributed by atoms with E-state index in [4.69, 9.17) is 0 Å². The zero-order valence-electron chi connectivity index (χ0n) is 11.0. The number of hydrogen-bond donors (Lipinski definition) is 0. The summed E-state index contributed by atoms with van der Waals surface area (Å²) >= 11 is 3.41. The third-order valence-electron chi connectivity index (χ3n) is 4.03. The van der Waals surface area contributed by atoms with Gasteiger partial charge in [0.25, 0.3) is 0 Å². The highest BCUT2D eigenvalue weighted by Crippen LogP contribution is 2.31. The van der Waals surface area contributed by atoms with Crippen LogP contribution in [-0.2, 0) is 0 Å². The summed E-state index contributed by atoms with van der Waals surface area (Å²) in [6, 6.07) is 6.50. The van der Waals surface area contributed by atoms with E-state index in [1.807, 2.05) is 18.2 Å². The first-order valence-electron chi connectivity index (χ1n) is 6.59. The van der Waals surface area contributed by atoms with E-state index in [9.17, 15) is 4.79 Å². The highest BCUT2D eigenvalue weighted by atomic mass is 79.9. The summed E-state index contributed by atoms with van der Waals surface area (Å²) in [4.78, 5) is 13.5. The van der Waals surface area contributed by atoms with Gasteiger partial charge in [0.05, 0.1) is 0 Å². The minimum absolute atomic E-state index is 0.570. The minimum atomic E-state index is 0.570. The number of aldehydes is 1. The normalized spacial score (nSPS) is 23.7. The molecule has 0 unspecified atom stereocenters. The fourth-order valence-corrected chi connectivity index (χ4v) is 3.15. The van der Waals surface area contributed by atoms with E-state index in [1.165, 1.54) is 25.7 Å². The van der Waals surface area contributed by atoms with Gasteiger partial charge in [-0.1, -0.05) is 22.9 Å². The molecule has 0 bridgehead atoms. The van der Waals surface area contributed by atoms with Crippen molar-refractivity contribution < 1.29 is 4.79 Å². The molecule has 0 atom stereocenters. The van der Waals surface area contributed by atoms with Crippen molar-refractivity contribution in [3.05, 3.63) is 28.2 Å². The summed E-state index contributed by atoms with van der Waals surface area (Å²) in [5.74, 6) is 0.852. The second kappa shape index (κ2) is 5.87. The molecule has 1 aromatic carbocycles. The second-order valence-corrected chi connectivity index (χ2v) is 6.26. The standard InChI is InChI=1S/C15H20BrNO/c1-11-3-6-14(7-4-11)17(2)15-8-5-13(16)9-12(15)10-18/h5,8-11,14H,3-4,6-7H2,1-2H3. The Morgan fingerprint density at radius 1 is 1.28 bits per heavy atom. The van der Waals surface area contributed by atoms with E-state index in [2.05, 4.69) is 34.8 Å². The SMILES string of the molecule is CC1CCC(N(C)c2ccc(Br)cc2C=O)CC1. The van der Waals surface area contributed by atoms with Crippen molar-refractivity contribution in [2.45, 2.75) is 38.6 Å². The van der Waals surface area contributed by atoms with Gasteiger partial charge in [0.2, 0.25) is 0 Å². The van der Waals surface area contributed by atoms with Gasteiger partial charge in [-0.3, -0.25) is 4.79 Å². The molecule has 18 heavy (non-hydrogen) atoms.